The van der Waals surface area contributed by atoms with Crippen molar-refractivity contribution in [3.8, 4) is 5.75 Å². The van der Waals surface area contributed by atoms with E-state index in [1.54, 1.807) is 36.2 Å². The summed E-state index contributed by atoms with van der Waals surface area (Å²) < 4.78 is 5.51. The van der Waals surface area contributed by atoms with Gasteiger partial charge in [0.2, 0.25) is 5.91 Å². The first-order valence-electron chi connectivity index (χ1n) is 5.88. The average Bonchev–Trinajstić information content (AvgIpc) is 2.39. The molecule has 1 rings (SSSR count). The van der Waals surface area contributed by atoms with Crippen molar-refractivity contribution in [3.63, 3.8) is 0 Å². The van der Waals surface area contributed by atoms with Crippen LogP contribution in [-0.4, -0.2) is 37.6 Å². The van der Waals surface area contributed by atoms with Crippen LogP contribution in [0.2, 0.25) is 5.02 Å². The largest absolute Gasteiger partial charge is 0.492 e. The average molecular weight is 271 g/mol. The fraction of sp³-hybridized carbons (Fsp3) is 0.462. The lowest BCUT2D eigenvalue weighted by molar-refractivity contribution is -0.133. The maximum atomic E-state index is 11.7. The van der Waals surface area contributed by atoms with Crippen LogP contribution in [0.15, 0.2) is 24.3 Å². The van der Waals surface area contributed by atoms with Gasteiger partial charge in [-0.25, -0.2) is 0 Å². The molecule has 0 saturated heterocycles. The molecule has 4 nitrogen and oxygen atoms in total. The summed E-state index contributed by atoms with van der Waals surface area (Å²) in [5.74, 6) is 0.634. The molecule has 5 heteroatoms. The SMILES string of the molecule is CC(CN)C(=O)N(C)CCOc1ccc(Cl)cc1. The quantitative estimate of drug-likeness (QED) is 0.857. The number of hydrogen-bond acceptors (Lipinski definition) is 3. The number of nitrogens with two attached hydrogens (primary N) is 1. The molecule has 0 spiro atoms. The Labute approximate surface area is 113 Å². The van der Waals surface area contributed by atoms with Crippen molar-refractivity contribution >= 4 is 17.5 Å². The summed E-state index contributed by atoms with van der Waals surface area (Å²) in [6.07, 6.45) is 0. The Morgan fingerprint density at radius 1 is 1.44 bits per heavy atom. The fourth-order valence-electron chi connectivity index (χ4n) is 1.42. The summed E-state index contributed by atoms with van der Waals surface area (Å²) in [5.41, 5.74) is 5.45. The van der Waals surface area contributed by atoms with Crippen LogP contribution < -0.4 is 10.5 Å². The van der Waals surface area contributed by atoms with Crippen molar-refractivity contribution in [2.75, 3.05) is 26.7 Å². The van der Waals surface area contributed by atoms with Crippen LogP contribution in [0.1, 0.15) is 6.92 Å². The monoisotopic (exact) mass is 270 g/mol. The molecule has 0 aromatic heterocycles. The number of benzene rings is 1. The lowest BCUT2D eigenvalue weighted by atomic mass is 10.1. The van der Waals surface area contributed by atoms with Gasteiger partial charge < -0.3 is 15.4 Å². The number of rotatable bonds is 6. The van der Waals surface area contributed by atoms with E-state index in [2.05, 4.69) is 0 Å². The molecular weight excluding hydrogens is 252 g/mol. The first-order valence-corrected chi connectivity index (χ1v) is 6.25. The maximum absolute atomic E-state index is 11.7. The molecule has 1 unspecified atom stereocenters. The lowest BCUT2D eigenvalue weighted by Gasteiger charge is -2.20. The fourth-order valence-corrected chi connectivity index (χ4v) is 1.54. The number of carbonyl (C=O) groups is 1. The van der Waals surface area contributed by atoms with Crippen molar-refractivity contribution in [3.05, 3.63) is 29.3 Å². The van der Waals surface area contributed by atoms with Crippen LogP contribution >= 0.6 is 11.6 Å². The minimum atomic E-state index is -0.148. The molecule has 0 aliphatic carbocycles. The van der Waals surface area contributed by atoms with Gasteiger partial charge in [0.15, 0.2) is 0 Å². The van der Waals surface area contributed by atoms with Crippen LogP contribution in [0.5, 0.6) is 5.75 Å². The minimum absolute atomic E-state index is 0.0391. The topological polar surface area (TPSA) is 55.6 Å². The molecule has 1 amide bonds. The van der Waals surface area contributed by atoms with Crippen LogP contribution in [-0.2, 0) is 4.79 Å². The number of carbonyl (C=O) groups excluding carboxylic acids is 1. The Morgan fingerprint density at radius 2 is 2.06 bits per heavy atom. The zero-order chi connectivity index (χ0) is 13.5. The minimum Gasteiger partial charge on any atom is -0.492 e. The molecule has 0 aliphatic heterocycles. The normalized spacial score (nSPS) is 12.0. The van der Waals surface area contributed by atoms with Crippen LogP contribution in [0.3, 0.4) is 0 Å². The van der Waals surface area contributed by atoms with E-state index in [1.165, 1.54) is 0 Å². The Morgan fingerprint density at radius 3 is 2.61 bits per heavy atom. The summed E-state index contributed by atoms with van der Waals surface area (Å²) in [7, 11) is 1.75. The van der Waals surface area contributed by atoms with Crippen molar-refractivity contribution in [1.29, 1.82) is 0 Å². The number of ether oxygens (including phenoxy) is 1. The summed E-state index contributed by atoms with van der Waals surface area (Å²) in [6, 6.07) is 7.13. The zero-order valence-corrected chi connectivity index (χ0v) is 11.5. The lowest BCUT2D eigenvalue weighted by Crippen LogP contribution is -2.37. The van der Waals surface area contributed by atoms with Gasteiger partial charge in [0.1, 0.15) is 12.4 Å². The third-order valence-corrected chi connectivity index (χ3v) is 2.91. The van der Waals surface area contributed by atoms with E-state index in [9.17, 15) is 4.79 Å². The molecule has 100 valence electrons. The molecule has 1 atom stereocenters. The van der Waals surface area contributed by atoms with Gasteiger partial charge in [0.25, 0.3) is 0 Å². The van der Waals surface area contributed by atoms with E-state index >= 15 is 0 Å². The molecule has 0 bridgehead atoms. The van der Waals surface area contributed by atoms with Gasteiger partial charge in [-0.2, -0.15) is 0 Å². The summed E-state index contributed by atoms with van der Waals surface area (Å²) in [6.45, 7) is 3.16. The summed E-state index contributed by atoms with van der Waals surface area (Å²) in [5, 5.41) is 0.673. The first-order chi connectivity index (χ1) is 8.54. The third kappa shape index (κ3) is 4.55. The van der Waals surface area contributed by atoms with Crippen molar-refractivity contribution in [1.82, 2.24) is 4.90 Å². The number of amides is 1. The van der Waals surface area contributed by atoms with Crippen LogP contribution in [0, 0.1) is 5.92 Å². The van der Waals surface area contributed by atoms with Gasteiger partial charge in [-0.1, -0.05) is 18.5 Å². The highest BCUT2D eigenvalue weighted by atomic mass is 35.5. The third-order valence-electron chi connectivity index (χ3n) is 2.66. The highest BCUT2D eigenvalue weighted by Crippen LogP contribution is 2.15. The molecular formula is C13H19ClN2O2. The molecule has 1 aromatic carbocycles. The molecule has 18 heavy (non-hydrogen) atoms. The van der Waals surface area contributed by atoms with Gasteiger partial charge >= 0.3 is 0 Å². The van der Waals surface area contributed by atoms with E-state index in [-0.39, 0.29) is 11.8 Å². The number of nitrogens with zero attached hydrogens (tertiary/aromatic N) is 1. The summed E-state index contributed by atoms with van der Waals surface area (Å²) >= 11 is 5.77. The van der Waals surface area contributed by atoms with Crippen molar-refractivity contribution < 1.29 is 9.53 Å². The van der Waals surface area contributed by atoms with Gasteiger partial charge in [-0.05, 0) is 24.3 Å². The second kappa shape index (κ2) is 7.24. The van der Waals surface area contributed by atoms with Gasteiger partial charge in [0.05, 0.1) is 6.54 Å². The molecule has 1 aromatic rings. The standard InChI is InChI=1S/C13H19ClN2O2/c1-10(9-15)13(17)16(2)7-8-18-12-5-3-11(14)4-6-12/h3-6,10H,7-9,15H2,1-2H3. The van der Waals surface area contributed by atoms with E-state index in [1.807, 2.05) is 6.92 Å². The van der Waals surface area contributed by atoms with E-state index in [0.717, 1.165) is 5.75 Å². The molecule has 2 N–H and O–H groups in total. The first kappa shape index (κ1) is 14.8. The Balaban J connectivity index is 2.33. The Bertz CT molecular complexity index is 381. The maximum Gasteiger partial charge on any atom is 0.226 e. The number of likely N-dealkylation sites (N-methyl/N-ethyl adjacent to an activating group) is 1. The Hall–Kier alpha value is -1.26. The van der Waals surface area contributed by atoms with Crippen molar-refractivity contribution in [2.45, 2.75) is 6.92 Å². The van der Waals surface area contributed by atoms with Gasteiger partial charge in [0, 0.05) is 24.5 Å². The zero-order valence-electron chi connectivity index (χ0n) is 10.7. The highest BCUT2D eigenvalue weighted by Gasteiger charge is 2.15. The Kier molecular flexibility index (Phi) is 5.95. The molecule has 0 fully saturated rings. The molecule has 0 heterocycles. The predicted octanol–water partition coefficient (Wildman–Crippen LogP) is 1.77. The number of hydrogen-bond donors (Lipinski definition) is 1. The van der Waals surface area contributed by atoms with Gasteiger partial charge in [-0.3, -0.25) is 4.79 Å². The van der Waals surface area contributed by atoms with E-state index in [0.29, 0.717) is 24.7 Å². The summed E-state index contributed by atoms with van der Waals surface area (Å²) in [4.78, 5) is 13.4. The van der Waals surface area contributed by atoms with E-state index in [4.69, 9.17) is 22.1 Å². The second-order valence-corrected chi connectivity index (χ2v) is 4.64. The van der Waals surface area contributed by atoms with Crippen LogP contribution in [0.4, 0.5) is 0 Å². The smallest absolute Gasteiger partial charge is 0.226 e. The van der Waals surface area contributed by atoms with E-state index < -0.39 is 0 Å². The van der Waals surface area contributed by atoms with Crippen LogP contribution in [0.25, 0.3) is 0 Å². The molecule has 0 radical (unpaired) electrons. The molecule has 0 saturated carbocycles. The highest BCUT2D eigenvalue weighted by molar-refractivity contribution is 6.30. The van der Waals surface area contributed by atoms with Gasteiger partial charge in [-0.15, -0.1) is 0 Å². The van der Waals surface area contributed by atoms with Crippen molar-refractivity contribution in [2.24, 2.45) is 11.7 Å². The predicted molar refractivity (Wildman–Crippen MR) is 72.8 cm³/mol. The second-order valence-electron chi connectivity index (χ2n) is 4.20. The molecule has 0 aliphatic rings. The number of halogens is 1.